The molecule has 2 aromatic rings. The molecule has 92 valence electrons. The number of phenols is 1. The van der Waals surface area contributed by atoms with Crippen molar-refractivity contribution < 1.29 is 5.11 Å². The lowest BCUT2D eigenvalue weighted by Crippen LogP contribution is -2.19. The van der Waals surface area contributed by atoms with Gasteiger partial charge in [0.1, 0.15) is 10.7 Å². The van der Waals surface area contributed by atoms with Gasteiger partial charge in [-0.05, 0) is 18.2 Å². The Morgan fingerprint density at radius 2 is 2.17 bits per heavy atom. The molecule has 0 saturated heterocycles. The van der Waals surface area contributed by atoms with Crippen molar-refractivity contribution in [2.24, 2.45) is 5.73 Å². The summed E-state index contributed by atoms with van der Waals surface area (Å²) in [7, 11) is 1.81. The first-order chi connectivity index (χ1) is 8.59. The molecule has 1 heterocycles. The van der Waals surface area contributed by atoms with Crippen LogP contribution in [0.25, 0.3) is 0 Å². The number of benzene rings is 1. The highest BCUT2D eigenvalue weighted by Crippen LogP contribution is 2.26. The van der Waals surface area contributed by atoms with Crippen molar-refractivity contribution in [2.45, 2.75) is 0 Å². The second kappa shape index (κ2) is 4.97. The van der Waals surface area contributed by atoms with Gasteiger partial charge < -0.3 is 15.7 Å². The predicted octanol–water partition coefficient (Wildman–Crippen LogP) is 1.58. The van der Waals surface area contributed by atoms with E-state index in [1.54, 1.807) is 36.2 Å². The van der Waals surface area contributed by atoms with E-state index in [1.165, 1.54) is 6.20 Å². The highest BCUT2D eigenvalue weighted by Gasteiger charge is 2.13. The summed E-state index contributed by atoms with van der Waals surface area (Å²) in [5.74, 6) is 0.732. The first-order valence-electron chi connectivity index (χ1n) is 5.24. The van der Waals surface area contributed by atoms with Crippen LogP contribution < -0.4 is 10.6 Å². The second-order valence-corrected chi connectivity index (χ2v) is 4.15. The number of phenolic OH excluding ortho intramolecular Hbond substituents is 1. The van der Waals surface area contributed by atoms with Gasteiger partial charge in [0.15, 0.2) is 5.82 Å². The molecule has 1 aromatic heterocycles. The largest absolute Gasteiger partial charge is 0.508 e. The van der Waals surface area contributed by atoms with E-state index in [0.29, 0.717) is 11.4 Å². The smallest absolute Gasteiger partial charge is 0.165 e. The Balaban J connectivity index is 2.46. The Hall–Kier alpha value is -2.21. The molecule has 0 aliphatic heterocycles. The van der Waals surface area contributed by atoms with E-state index in [-0.39, 0.29) is 10.7 Å². The maximum atomic E-state index is 9.47. The van der Waals surface area contributed by atoms with E-state index in [1.807, 2.05) is 6.07 Å². The molecule has 6 heteroatoms. The molecule has 0 fully saturated rings. The number of anilines is 2. The Morgan fingerprint density at radius 3 is 2.83 bits per heavy atom. The standard InChI is InChI=1S/C12H12N4OS/c1-16(8-3-2-4-9(17)7-8)12-10(11(13)18)5-6-14-15-12/h2-7,17H,1H3,(H2,13,18). The zero-order chi connectivity index (χ0) is 13.1. The van der Waals surface area contributed by atoms with Gasteiger partial charge in [-0.2, -0.15) is 5.10 Å². The lowest BCUT2D eigenvalue weighted by molar-refractivity contribution is 0.475. The summed E-state index contributed by atoms with van der Waals surface area (Å²) in [6.07, 6.45) is 1.54. The fourth-order valence-corrected chi connectivity index (χ4v) is 1.75. The number of aromatic nitrogens is 2. The normalized spacial score (nSPS) is 10.1. The fraction of sp³-hybridized carbons (Fsp3) is 0.0833. The number of rotatable bonds is 3. The summed E-state index contributed by atoms with van der Waals surface area (Å²) in [6, 6.07) is 8.53. The van der Waals surface area contributed by atoms with Crippen molar-refractivity contribution in [2.75, 3.05) is 11.9 Å². The molecular formula is C12H12N4OS. The lowest BCUT2D eigenvalue weighted by Gasteiger charge is -2.20. The van der Waals surface area contributed by atoms with E-state index in [2.05, 4.69) is 10.2 Å². The molecule has 0 unspecified atom stereocenters. The van der Waals surface area contributed by atoms with Gasteiger partial charge in [-0.3, -0.25) is 0 Å². The van der Waals surface area contributed by atoms with Gasteiger partial charge >= 0.3 is 0 Å². The minimum Gasteiger partial charge on any atom is -0.508 e. The minimum absolute atomic E-state index is 0.181. The Labute approximate surface area is 110 Å². The quantitative estimate of drug-likeness (QED) is 0.816. The highest BCUT2D eigenvalue weighted by molar-refractivity contribution is 7.80. The van der Waals surface area contributed by atoms with Crippen molar-refractivity contribution in [3.8, 4) is 5.75 Å². The van der Waals surface area contributed by atoms with Crippen LogP contribution in [0, 0.1) is 0 Å². The third kappa shape index (κ3) is 2.38. The third-order valence-corrected chi connectivity index (χ3v) is 2.72. The van der Waals surface area contributed by atoms with Crippen LogP contribution in [0.3, 0.4) is 0 Å². The average Bonchev–Trinajstić information content (AvgIpc) is 2.38. The van der Waals surface area contributed by atoms with E-state index < -0.39 is 0 Å². The monoisotopic (exact) mass is 260 g/mol. The number of hydrogen-bond donors (Lipinski definition) is 2. The van der Waals surface area contributed by atoms with Gasteiger partial charge in [-0.15, -0.1) is 5.10 Å². The molecule has 0 bridgehead atoms. The van der Waals surface area contributed by atoms with Crippen LogP contribution >= 0.6 is 12.2 Å². The Kier molecular flexibility index (Phi) is 3.38. The van der Waals surface area contributed by atoms with Crippen molar-refractivity contribution in [1.29, 1.82) is 0 Å². The van der Waals surface area contributed by atoms with E-state index in [0.717, 1.165) is 5.69 Å². The molecule has 3 N–H and O–H groups in total. The van der Waals surface area contributed by atoms with Crippen molar-refractivity contribution in [1.82, 2.24) is 10.2 Å². The molecule has 0 amide bonds. The molecule has 0 atom stereocenters. The maximum absolute atomic E-state index is 9.47. The second-order valence-electron chi connectivity index (χ2n) is 3.71. The van der Waals surface area contributed by atoms with E-state index in [4.69, 9.17) is 18.0 Å². The summed E-state index contributed by atoms with van der Waals surface area (Å²) in [4.78, 5) is 2.02. The SMILES string of the molecule is CN(c1cccc(O)c1)c1nnccc1C(N)=S. The first kappa shape index (κ1) is 12.3. The van der Waals surface area contributed by atoms with E-state index in [9.17, 15) is 5.11 Å². The van der Waals surface area contributed by atoms with Gasteiger partial charge in [0.05, 0.1) is 11.8 Å². The maximum Gasteiger partial charge on any atom is 0.165 e. The summed E-state index contributed by atoms with van der Waals surface area (Å²) < 4.78 is 0. The zero-order valence-corrected chi connectivity index (χ0v) is 10.6. The molecule has 0 radical (unpaired) electrons. The summed E-state index contributed by atoms with van der Waals surface area (Å²) in [5, 5.41) is 17.3. The summed E-state index contributed by atoms with van der Waals surface area (Å²) in [5.41, 5.74) is 7.06. The number of nitrogens with two attached hydrogens (primary N) is 1. The van der Waals surface area contributed by atoms with Crippen LogP contribution in [-0.4, -0.2) is 27.3 Å². The Morgan fingerprint density at radius 1 is 1.39 bits per heavy atom. The topological polar surface area (TPSA) is 75.3 Å². The average molecular weight is 260 g/mol. The molecule has 1 aromatic carbocycles. The van der Waals surface area contributed by atoms with Crippen LogP contribution in [0.15, 0.2) is 36.5 Å². The number of aromatic hydroxyl groups is 1. The van der Waals surface area contributed by atoms with Gasteiger partial charge in [0.2, 0.25) is 0 Å². The third-order valence-electron chi connectivity index (χ3n) is 2.50. The van der Waals surface area contributed by atoms with E-state index >= 15 is 0 Å². The lowest BCUT2D eigenvalue weighted by atomic mass is 10.2. The van der Waals surface area contributed by atoms with Gasteiger partial charge in [-0.25, -0.2) is 0 Å². The van der Waals surface area contributed by atoms with Crippen LogP contribution in [0.2, 0.25) is 0 Å². The number of thiocarbonyl (C=S) groups is 1. The predicted molar refractivity (Wildman–Crippen MR) is 74.1 cm³/mol. The molecule has 2 rings (SSSR count). The summed E-state index contributed by atoms with van der Waals surface area (Å²) >= 11 is 4.98. The van der Waals surface area contributed by atoms with Gasteiger partial charge in [0, 0.05) is 18.8 Å². The van der Waals surface area contributed by atoms with Crippen LogP contribution in [0.5, 0.6) is 5.75 Å². The molecular weight excluding hydrogens is 248 g/mol. The van der Waals surface area contributed by atoms with Crippen LogP contribution in [0.1, 0.15) is 5.56 Å². The summed E-state index contributed by atoms with van der Waals surface area (Å²) in [6.45, 7) is 0. The first-order valence-corrected chi connectivity index (χ1v) is 5.64. The molecule has 18 heavy (non-hydrogen) atoms. The number of nitrogens with zero attached hydrogens (tertiary/aromatic N) is 3. The Bertz CT molecular complexity index is 588. The fourth-order valence-electron chi connectivity index (χ4n) is 1.59. The van der Waals surface area contributed by atoms with Gasteiger partial charge in [0.25, 0.3) is 0 Å². The molecule has 0 aliphatic carbocycles. The molecule has 0 spiro atoms. The molecule has 0 aliphatic rings. The minimum atomic E-state index is 0.181. The van der Waals surface area contributed by atoms with Crippen molar-refractivity contribution in [3.63, 3.8) is 0 Å². The van der Waals surface area contributed by atoms with Gasteiger partial charge in [-0.1, -0.05) is 18.3 Å². The zero-order valence-electron chi connectivity index (χ0n) is 9.74. The van der Waals surface area contributed by atoms with Crippen LogP contribution in [0.4, 0.5) is 11.5 Å². The molecule has 0 saturated carbocycles. The number of hydrogen-bond acceptors (Lipinski definition) is 5. The molecule has 5 nitrogen and oxygen atoms in total. The highest BCUT2D eigenvalue weighted by atomic mass is 32.1. The van der Waals surface area contributed by atoms with Crippen LogP contribution in [-0.2, 0) is 0 Å². The van der Waals surface area contributed by atoms with Crippen molar-refractivity contribution >= 4 is 28.7 Å². The van der Waals surface area contributed by atoms with Crippen molar-refractivity contribution in [3.05, 3.63) is 42.1 Å².